The highest BCUT2D eigenvalue weighted by Gasteiger charge is 2.17. The highest BCUT2D eigenvalue weighted by molar-refractivity contribution is 5.77. The molecule has 1 atom stereocenters. The molecule has 0 saturated heterocycles. The molecule has 0 radical (unpaired) electrons. The molecule has 130 valence electrons. The molecule has 3 rings (SSSR count). The van der Waals surface area contributed by atoms with Crippen LogP contribution in [0, 0.1) is 5.82 Å². The third-order valence-electron chi connectivity index (χ3n) is 4.25. The Labute approximate surface area is 146 Å². The first-order chi connectivity index (χ1) is 12.1. The van der Waals surface area contributed by atoms with E-state index in [-0.39, 0.29) is 17.4 Å². The fraction of sp³-hybridized carbons (Fsp3) is 0.300. The van der Waals surface area contributed by atoms with Crippen LogP contribution in [0.1, 0.15) is 38.6 Å². The Hall–Kier alpha value is -2.53. The lowest BCUT2D eigenvalue weighted by molar-refractivity contribution is 0.520. The smallest absolute Gasteiger partial charge is 0.266 e. The molecule has 5 heteroatoms. The van der Waals surface area contributed by atoms with E-state index >= 15 is 0 Å². The van der Waals surface area contributed by atoms with Gasteiger partial charge in [0.15, 0.2) is 0 Å². The number of rotatable bonds is 6. The van der Waals surface area contributed by atoms with Crippen LogP contribution in [-0.2, 0) is 0 Å². The van der Waals surface area contributed by atoms with Crippen LogP contribution in [0.4, 0.5) is 4.39 Å². The topological polar surface area (TPSA) is 46.9 Å². The maximum absolute atomic E-state index is 13.3. The Kier molecular flexibility index (Phi) is 5.24. The van der Waals surface area contributed by atoms with Crippen molar-refractivity contribution in [2.45, 2.75) is 32.7 Å². The van der Waals surface area contributed by atoms with Gasteiger partial charge in [0.1, 0.15) is 11.6 Å². The quantitative estimate of drug-likeness (QED) is 0.691. The molecule has 0 aliphatic carbocycles. The number of nitrogens with one attached hydrogen (secondary N) is 1. The van der Waals surface area contributed by atoms with Crippen molar-refractivity contribution in [3.8, 4) is 5.69 Å². The monoisotopic (exact) mass is 339 g/mol. The van der Waals surface area contributed by atoms with E-state index in [2.05, 4.69) is 12.2 Å². The highest BCUT2D eigenvalue weighted by Crippen LogP contribution is 2.18. The highest BCUT2D eigenvalue weighted by atomic mass is 19.1. The Bertz CT molecular complexity index is 918. The molecule has 4 nitrogen and oxygen atoms in total. The predicted octanol–water partition coefficient (Wildman–Crippen LogP) is 3.98. The van der Waals surface area contributed by atoms with Gasteiger partial charge >= 0.3 is 0 Å². The number of benzene rings is 2. The number of nitrogens with zero attached hydrogens (tertiary/aromatic N) is 2. The van der Waals surface area contributed by atoms with Crippen LogP contribution < -0.4 is 10.9 Å². The third kappa shape index (κ3) is 3.61. The summed E-state index contributed by atoms with van der Waals surface area (Å²) in [7, 11) is 0. The summed E-state index contributed by atoms with van der Waals surface area (Å²) in [5.74, 6) is 0.299. The van der Waals surface area contributed by atoms with Gasteiger partial charge in [-0.05, 0) is 56.3 Å². The second-order valence-electron chi connectivity index (χ2n) is 6.13. The molecule has 0 saturated carbocycles. The summed E-state index contributed by atoms with van der Waals surface area (Å²) in [6.45, 7) is 4.98. The number of aromatic nitrogens is 2. The average molecular weight is 339 g/mol. The van der Waals surface area contributed by atoms with Crippen LogP contribution in [0.3, 0.4) is 0 Å². The molecule has 3 aromatic rings. The predicted molar refractivity (Wildman–Crippen MR) is 98.6 cm³/mol. The van der Waals surface area contributed by atoms with Crippen molar-refractivity contribution in [3.05, 3.63) is 70.5 Å². The van der Waals surface area contributed by atoms with Crippen molar-refractivity contribution in [1.82, 2.24) is 14.9 Å². The summed E-state index contributed by atoms with van der Waals surface area (Å²) >= 11 is 0. The number of hydrogen-bond donors (Lipinski definition) is 1. The first-order valence-corrected chi connectivity index (χ1v) is 8.63. The molecular formula is C20H22FN3O. The summed E-state index contributed by atoms with van der Waals surface area (Å²) in [6.07, 6.45) is 2.15. The molecule has 0 fully saturated rings. The van der Waals surface area contributed by atoms with Crippen molar-refractivity contribution in [2.75, 3.05) is 6.54 Å². The van der Waals surface area contributed by atoms with Gasteiger partial charge in [-0.1, -0.05) is 25.5 Å². The lowest BCUT2D eigenvalue weighted by Crippen LogP contribution is -2.30. The molecule has 0 spiro atoms. The molecule has 0 amide bonds. The Balaban J connectivity index is 2.17. The lowest BCUT2D eigenvalue weighted by Gasteiger charge is -2.19. The van der Waals surface area contributed by atoms with E-state index in [1.54, 1.807) is 22.8 Å². The van der Waals surface area contributed by atoms with Gasteiger partial charge in [-0.3, -0.25) is 9.36 Å². The standard InChI is InChI=1S/C20H22FN3O/c1-3-4-13-22-14(2)19-23-18-8-6-5-7-17(18)20(25)24(19)16-11-9-15(21)10-12-16/h5-12,14,22H,3-4,13H2,1-2H3. The first-order valence-electron chi connectivity index (χ1n) is 8.63. The van der Waals surface area contributed by atoms with E-state index in [0.717, 1.165) is 19.4 Å². The summed E-state index contributed by atoms with van der Waals surface area (Å²) in [5.41, 5.74) is 1.14. The SMILES string of the molecule is CCCCNC(C)c1nc2ccccc2c(=O)n1-c1ccc(F)cc1. The normalized spacial score (nSPS) is 12.4. The van der Waals surface area contributed by atoms with Gasteiger partial charge in [0.2, 0.25) is 0 Å². The van der Waals surface area contributed by atoms with Crippen molar-refractivity contribution in [2.24, 2.45) is 0 Å². The van der Waals surface area contributed by atoms with E-state index in [9.17, 15) is 9.18 Å². The molecule has 1 heterocycles. The zero-order chi connectivity index (χ0) is 17.8. The van der Waals surface area contributed by atoms with Crippen molar-refractivity contribution >= 4 is 10.9 Å². The van der Waals surface area contributed by atoms with Crippen LogP contribution in [0.5, 0.6) is 0 Å². The van der Waals surface area contributed by atoms with Crippen LogP contribution in [-0.4, -0.2) is 16.1 Å². The zero-order valence-electron chi connectivity index (χ0n) is 14.5. The van der Waals surface area contributed by atoms with Gasteiger partial charge in [-0.15, -0.1) is 0 Å². The maximum Gasteiger partial charge on any atom is 0.266 e. The summed E-state index contributed by atoms with van der Waals surface area (Å²) in [6, 6.07) is 13.1. The molecule has 0 bridgehead atoms. The van der Waals surface area contributed by atoms with E-state index in [1.165, 1.54) is 12.1 Å². The second-order valence-corrected chi connectivity index (χ2v) is 6.13. The molecule has 0 aliphatic heterocycles. The van der Waals surface area contributed by atoms with Gasteiger partial charge < -0.3 is 5.32 Å². The Morgan fingerprint density at radius 1 is 1.16 bits per heavy atom. The maximum atomic E-state index is 13.3. The van der Waals surface area contributed by atoms with Crippen LogP contribution in [0.25, 0.3) is 16.6 Å². The third-order valence-corrected chi connectivity index (χ3v) is 4.25. The van der Waals surface area contributed by atoms with Crippen molar-refractivity contribution in [1.29, 1.82) is 0 Å². The molecule has 0 aliphatic rings. The van der Waals surface area contributed by atoms with Gasteiger partial charge in [0.25, 0.3) is 5.56 Å². The summed E-state index contributed by atoms with van der Waals surface area (Å²) in [4.78, 5) is 17.8. The van der Waals surface area contributed by atoms with Gasteiger partial charge in [-0.2, -0.15) is 0 Å². The minimum atomic E-state index is -0.332. The minimum Gasteiger partial charge on any atom is -0.308 e. The molecule has 2 aromatic carbocycles. The Morgan fingerprint density at radius 3 is 2.60 bits per heavy atom. The summed E-state index contributed by atoms with van der Waals surface area (Å²) < 4.78 is 14.9. The van der Waals surface area contributed by atoms with Gasteiger partial charge in [0, 0.05) is 0 Å². The van der Waals surface area contributed by atoms with Crippen LogP contribution >= 0.6 is 0 Å². The van der Waals surface area contributed by atoms with E-state index in [1.807, 2.05) is 25.1 Å². The lowest BCUT2D eigenvalue weighted by atomic mass is 10.2. The van der Waals surface area contributed by atoms with Crippen molar-refractivity contribution in [3.63, 3.8) is 0 Å². The average Bonchev–Trinajstić information content (AvgIpc) is 2.63. The summed E-state index contributed by atoms with van der Waals surface area (Å²) in [5, 5.41) is 3.97. The number of para-hydroxylation sites is 1. The number of fused-ring (bicyclic) bond motifs is 1. The molecule has 1 unspecified atom stereocenters. The second kappa shape index (κ2) is 7.57. The van der Waals surface area contributed by atoms with Crippen molar-refractivity contribution < 1.29 is 4.39 Å². The molecular weight excluding hydrogens is 317 g/mol. The van der Waals surface area contributed by atoms with E-state index < -0.39 is 0 Å². The fourth-order valence-corrected chi connectivity index (χ4v) is 2.87. The van der Waals surface area contributed by atoms with E-state index in [4.69, 9.17) is 4.98 Å². The number of unbranched alkanes of at least 4 members (excludes halogenated alkanes) is 1. The largest absolute Gasteiger partial charge is 0.308 e. The fourth-order valence-electron chi connectivity index (χ4n) is 2.87. The number of hydrogen-bond acceptors (Lipinski definition) is 3. The van der Waals surface area contributed by atoms with Gasteiger partial charge in [0.05, 0.1) is 22.6 Å². The van der Waals surface area contributed by atoms with Crippen LogP contribution in [0.2, 0.25) is 0 Å². The molecule has 1 aromatic heterocycles. The number of halogens is 1. The van der Waals surface area contributed by atoms with E-state index in [0.29, 0.717) is 22.4 Å². The minimum absolute atomic E-state index is 0.103. The first kappa shape index (κ1) is 17.3. The van der Waals surface area contributed by atoms with Gasteiger partial charge in [-0.25, -0.2) is 9.37 Å². The molecule has 1 N–H and O–H groups in total. The zero-order valence-corrected chi connectivity index (χ0v) is 14.5. The molecule has 25 heavy (non-hydrogen) atoms. The van der Waals surface area contributed by atoms with Crippen LogP contribution in [0.15, 0.2) is 53.3 Å². The Morgan fingerprint density at radius 2 is 1.88 bits per heavy atom.